The second kappa shape index (κ2) is 15.6. The molecule has 8 heteroatoms. The first kappa shape index (κ1) is 29.0. The summed E-state index contributed by atoms with van der Waals surface area (Å²) in [7, 11) is 0. The fourth-order valence-corrected chi connectivity index (χ4v) is 5.65. The van der Waals surface area contributed by atoms with E-state index >= 15 is 0 Å². The van der Waals surface area contributed by atoms with Gasteiger partial charge in [-0.2, -0.15) is 16.9 Å². The van der Waals surface area contributed by atoms with Crippen LogP contribution in [0.4, 0.5) is 5.69 Å². The SMILES string of the molecule is CCCCCCCCOC(=O)CC1COc2ccc(C(=O)Nc3ccc(/C=N/N4CCSCC4)cc3)cc2C1. The van der Waals surface area contributed by atoms with Gasteiger partial charge in [0, 0.05) is 41.8 Å². The average molecular weight is 552 g/mol. The van der Waals surface area contributed by atoms with Gasteiger partial charge in [-0.1, -0.05) is 51.2 Å². The molecule has 4 rings (SSSR count). The average Bonchev–Trinajstić information content (AvgIpc) is 2.96. The quantitative estimate of drug-likeness (QED) is 0.182. The molecule has 0 aliphatic carbocycles. The molecule has 2 aliphatic heterocycles. The Morgan fingerprint density at radius 2 is 1.85 bits per heavy atom. The molecule has 2 heterocycles. The summed E-state index contributed by atoms with van der Waals surface area (Å²) in [5.41, 5.74) is 3.24. The molecule has 1 atom stereocenters. The zero-order valence-corrected chi connectivity index (χ0v) is 23.8. The lowest BCUT2D eigenvalue weighted by Gasteiger charge is -2.25. The van der Waals surface area contributed by atoms with Gasteiger partial charge >= 0.3 is 5.97 Å². The first-order valence-corrected chi connectivity index (χ1v) is 15.5. The van der Waals surface area contributed by atoms with E-state index in [0.717, 1.165) is 60.0 Å². The number of carbonyl (C=O) groups is 2. The number of nitrogens with one attached hydrogen (secondary N) is 1. The first-order valence-electron chi connectivity index (χ1n) is 14.3. The molecule has 0 spiro atoms. The number of hydrazone groups is 1. The highest BCUT2D eigenvalue weighted by molar-refractivity contribution is 7.99. The van der Waals surface area contributed by atoms with Crippen molar-refractivity contribution in [3.05, 3.63) is 59.2 Å². The number of ether oxygens (including phenoxy) is 2. The Balaban J connectivity index is 1.23. The Morgan fingerprint density at radius 1 is 1.08 bits per heavy atom. The number of benzene rings is 2. The summed E-state index contributed by atoms with van der Waals surface area (Å²) in [6.45, 7) is 5.13. The molecule has 39 heavy (non-hydrogen) atoms. The molecule has 2 aliphatic rings. The summed E-state index contributed by atoms with van der Waals surface area (Å²) in [6.07, 6.45) is 9.87. The molecule has 1 N–H and O–H groups in total. The predicted molar refractivity (Wildman–Crippen MR) is 159 cm³/mol. The smallest absolute Gasteiger partial charge is 0.306 e. The zero-order valence-electron chi connectivity index (χ0n) is 23.0. The summed E-state index contributed by atoms with van der Waals surface area (Å²) < 4.78 is 11.3. The van der Waals surface area contributed by atoms with E-state index in [1.165, 1.54) is 25.7 Å². The van der Waals surface area contributed by atoms with Crippen LogP contribution in [-0.2, 0) is 16.0 Å². The number of anilines is 1. The summed E-state index contributed by atoms with van der Waals surface area (Å²) in [5, 5.41) is 9.62. The maximum atomic E-state index is 12.9. The van der Waals surface area contributed by atoms with Crippen LogP contribution in [0.1, 0.15) is 73.4 Å². The number of thioether (sulfide) groups is 1. The summed E-state index contributed by atoms with van der Waals surface area (Å²) in [5.74, 6) is 2.71. The predicted octanol–water partition coefficient (Wildman–Crippen LogP) is 6.17. The van der Waals surface area contributed by atoms with Gasteiger partial charge in [-0.05, 0) is 54.3 Å². The normalized spacial score (nSPS) is 16.9. The molecule has 7 nitrogen and oxygen atoms in total. The van der Waals surface area contributed by atoms with E-state index in [0.29, 0.717) is 31.6 Å². The van der Waals surface area contributed by atoms with Crippen molar-refractivity contribution in [1.82, 2.24) is 5.01 Å². The van der Waals surface area contributed by atoms with Crippen molar-refractivity contribution in [1.29, 1.82) is 0 Å². The fourth-order valence-electron chi connectivity index (χ4n) is 4.77. The second-order valence-electron chi connectivity index (χ2n) is 10.3. The van der Waals surface area contributed by atoms with Gasteiger partial charge in [-0.25, -0.2) is 0 Å². The number of carbonyl (C=O) groups excluding carboxylic acids is 2. The van der Waals surface area contributed by atoms with E-state index in [2.05, 4.69) is 22.4 Å². The number of hydrogen-bond acceptors (Lipinski definition) is 7. The topological polar surface area (TPSA) is 80.2 Å². The molecule has 0 bridgehead atoms. The maximum Gasteiger partial charge on any atom is 0.306 e. The van der Waals surface area contributed by atoms with Crippen LogP contribution in [0.5, 0.6) is 5.75 Å². The highest BCUT2D eigenvalue weighted by atomic mass is 32.2. The third kappa shape index (κ3) is 9.60. The first-order chi connectivity index (χ1) is 19.1. The van der Waals surface area contributed by atoms with Crippen molar-refractivity contribution >= 4 is 35.5 Å². The van der Waals surface area contributed by atoms with E-state index in [9.17, 15) is 9.59 Å². The minimum Gasteiger partial charge on any atom is -0.493 e. The Morgan fingerprint density at radius 3 is 2.64 bits per heavy atom. The van der Waals surface area contributed by atoms with Crippen LogP contribution in [-0.4, -0.2) is 60.9 Å². The third-order valence-corrected chi connectivity index (χ3v) is 7.99. The van der Waals surface area contributed by atoms with Crippen molar-refractivity contribution in [3.8, 4) is 5.75 Å². The number of unbranched alkanes of at least 4 members (excludes halogenated alkanes) is 5. The zero-order chi connectivity index (χ0) is 27.3. The van der Waals surface area contributed by atoms with Crippen LogP contribution >= 0.6 is 11.8 Å². The highest BCUT2D eigenvalue weighted by Crippen LogP contribution is 2.30. The van der Waals surface area contributed by atoms with Gasteiger partial charge in [0.2, 0.25) is 0 Å². The Kier molecular flexibility index (Phi) is 11.6. The van der Waals surface area contributed by atoms with E-state index in [1.54, 1.807) is 6.07 Å². The third-order valence-electron chi connectivity index (χ3n) is 7.05. The molecule has 1 amide bonds. The minimum absolute atomic E-state index is 0.0470. The molecule has 0 aromatic heterocycles. The van der Waals surface area contributed by atoms with Crippen molar-refractivity contribution < 1.29 is 19.1 Å². The number of fused-ring (bicyclic) bond motifs is 1. The van der Waals surface area contributed by atoms with Crippen molar-refractivity contribution in [2.75, 3.05) is 43.1 Å². The van der Waals surface area contributed by atoms with Crippen LogP contribution in [0.3, 0.4) is 0 Å². The molecule has 1 fully saturated rings. The van der Waals surface area contributed by atoms with Gasteiger partial charge in [-0.15, -0.1) is 0 Å². The van der Waals surface area contributed by atoms with Crippen LogP contribution in [0.25, 0.3) is 0 Å². The number of rotatable bonds is 13. The molecule has 2 aromatic rings. The Bertz CT molecular complexity index is 1100. The molecular weight excluding hydrogens is 510 g/mol. The van der Waals surface area contributed by atoms with E-state index < -0.39 is 0 Å². The molecule has 2 aromatic carbocycles. The Labute approximate surface area is 236 Å². The van der Waals surface area contributed by atoms with Gasteiger partial charge < -0.3 is 14.8 Å². The highest BCUT2D eigenvalue weighted by Gasteiger charge is 2.24. The van der Waals surface area contributed by atoms with Crippen LogP contribution in [0.15, 0.2) is 47.6 Å². The van der Waals surface area contributed by atoms with Crippen LogP contribution in [0.2, 0.25) is 0 Å². The lowest BCUT2D eigenvalue weighted by molar-refractivity contribution is -0.145. The van der Waals surface area contributed by atoms with E-state index in [1.807, 2.05) is 54.4 Å². The van der Waals surface area contributed by atoms with E-state index in [-0.39, 0.29) is 17.8 Å². The number of hydrogen-bond donors (Lipinski definition) is 1. The summed E-state index contributed by atoms with van der Waals surface area (Å²) in [6, 6.07) is 13.2. The van der Waals surface area contributed by atoms with Crippen molar-refractivity contribution in [3.63, 3.8) is 0 Å². The van der Waals surface area contributed by atoms with Crippen molar-refractivity contribution in [2.24, 2.45) is 11.0 Å². The fraction of sp³-hybridized carbons (Fsp3) is 0.516. The largest absolute Gasteiger partial charge is 0.493 e. The van der Waals surface area contributed by atoms with Gasteiger partial charge in [0.15, 0.2) is 0 Å². The van der Waals surface area contributed by atoms with Gasteiger partial charge in [0.25, 0.3) is 5.91 Å². The molecule has 0 radical (unpaired) electrons. The summed E-state index contributed by atoms with van der Waals surface area (Å²) >= 11 is 1.96. The monoisotopic (exact) mass is 551 g/mol. The Hall–Kier alpha value is -3.00. The molecule has 0 saturated carbocycles. The second-order valence-corrected chi connectivity index (χ2v) is 11.5. The molecular formula is C31H41N3O4S. The number of esters is 1. The molecule has 1 unspecified atom stereocenters. The van der Waals surface area contributed by atoms with Gasteiger partial charge in [0.05, 0.1) is 25.8 Å². The van der Waals surface area contributed by atoms with Crippen LogP contribution < -0.4 is 10.1 Å². The van der Waals surface area contributed by atoms with E-state index in [4.69, 9.17) is 9.47 Å². The number of nitrogens with zero attached hydrogens (tertiary/aromatic N) is 2. The number of amides is 1. The lowest BCUT2D eigenvalue weighted by atomic mass is 9.93. The van der Waals surface area contributed by atoms with Crippen LogP contribution in [0, 0.1) is 5.92 Å². The van der Waals surface area contributed by atoms with Gasteiger partial charge in [0.1, 0.15) is 5.75 Å². The van der Waals surface area contributed by atoms with Crippen molar-refractivity contribution in [2.45, 2.75) is 58.3 Å². The van der Waals surface area contributed by atoms with Gasteiger partial charge in [-0.3, -0.25) is 14.6 Å². The summed E-state index contributed by atoms with van der Waals surface area (Å²) in [4.78, 5) is 25.3. The molecule has 210 valence electrons. The maximum absolute atomic E-state index is 12.9. The standard InChI is InChI=1S/C31H41N3O4S/c1-2-3-4-5-6-7-16-37-30(35)20-25-19-27-21-26(10-13-29(27)38-23-25)31(36)33-28-11-8-24(9-12-28)22-32-34-14-17-39-18-15-34/h8-13,21-22,25H,2-7,14-20,23H2,1H3,(H,33,36)/b32-22+. The molecule has 1 saturated heterocycles. The minimum atomic E-state index is -0.175. The lowest BCUT2D eigenvalue weighted by Crippen LogP contribution is -2.27.